The van der Waals surface area contributed by atoms with Crippen molar-refractivity contribution in [3.8, 4) is 0 Å². The monoisotopic (exact) mass is 330 g/mol. The Kier molecular flexibility index (Phi) is 4.38. The molecular weight excluding hydrogens is 304 g/mol. The zero-order valence-corrected chi connectivity index (χ0v) is 15.5. The van der Waals surface area contributed by atoms with Gasteiger partial charge in [-0.3, -0.25) is 4.79 Å². The lowest BCUT2D eigenvalue weighted by atomic mass is 9.81. The zero-order valence-electron chi connectivity index (χ0n) is 15.5. The maximum Gasteiger partial charge on any atom is 0.348 e. The first-order chi connectivity index (χ1) is 10.9. The Morgan fingerprint density at radius 1 is 0.958 bits per heavy atom. The van der Waals surface area contributed by atoms with Crippen LogP contribution in [-0.4, -0.2) is 11.8 Å². The van der Waals surface area contributed by atoms with Crippen LogP contribution in [0.2, 0.25) is 0 Å². The van der Waals surface area contributed by atoms with E-state index in [0.717, 1.165) is 5.56 Å². The predicted octanol–water partition coefficient (Wildman–Crippen LogP) is 4.35. The summed E-state index contributed by atoms with van der Waals surface area (Å²) >= 11 is 0. The number of ketones is 1. The first kappa shape index (κ1) is 18.2. The normalized spacial score (nSPS) is 22.0. The van der Waals surface area contributed by atoms with Gasteiger partial charge in [-0.1, -0.05) is 71.9 Å². The molecule has 1 aliphatic rings. The van der Waals surface area contributed by atoms with Gasteiger partial charge < -0.3 is 9.47 Å². The Labute approximate surface area is 143 Å². The largest absolute Gasteiger partial charge is 0.451 e. The topological polar surface area (TPSA) is 52.6 Å². The van der Waals surface area contributed by atoms with Gasteiger partial charge in [-0.05, 0) is 0 Å². The highest BCUT2D eigenvalue weighted by atomic mass is 16.7. The molecule has 4 nitrogen and oxygen atoms in total. The summed E-state index contributed by atoms with van der Waals surface area (Å²) in [5.74, 6) is -1.77. The summed E-state index contributed by atoms with van der Waals surface area (Å²) in [5, 5.41) is 0. The standard InChI is InChI=1S/C20H26O4/c1-18(2,3)15(21)14-16(19(4,5)6)23-20(7,24-17(14)22)13-11-9-8-10-12-13/h8-12H,1-7H3. The van der Waals surface area contributed by atoms with Gasteiger partial charge in [0.15, 0.2) is 5.78 Å². The number of carbonyl (C=O) groups is 2. The number of hydrogen-bond acceptors (Lipinski definition) is 4. The molecule has 0 N–H and O–H groups in total. The van der Waals surface area contributed by atoms with Crippen LogP contribution in [0, 0.1) is 10.8 Å². The Bertz CT molecular complexity index is 687. The molecule has 1 atom stereocenters. The lowest BCUT2D eigenvalue weighted by Gasteiger charge is -2.40. The van der Waals surface area contributed by atoms with E-state index in [1.165, 1.54) is 0 Å². The van der Waals surface area contributed by atoms with Crippen LogP contribution in [0.25, 0.3) is 0 Å². The molecule has 0 saturated carbocycles. The lowest BCUT2D eigenvalue weighted by molar-refractivity contribution is -0.227. The van der Waals surface area contributed by atoms with Crippen molar-refractivity contribution in [3.05, 3.63) is 47.2 Å². The molecular formula is C20H26O4. The summed E-state index contributed by atoms with van der Waals surface area (Å²) in [6.45, 7) is 12.8. The summed E-state index contributed by atoms with van der Waals surface area (Å²) in [7, 11) is 0. The van der Waals surface area contributed by atoms with Gasteiger partial charge in [-0.15, -0.1) is 0 Å². The van der Waals surface area contributed by atoms with Crippen molar-refractivity contribution < 1.29 is 19.1 Å². The van der Waals surface area contributed by atoms with Crippen molar-refractivity contribution in [2.45, 2.75) is 54.3 Å². The maximum absolute atomic E-state index is 12.8. The third-order valence-electron chi connectivity index (χ3n) is 3.90. The molecule has 2 rings (SSSR count). The van der Waals surface area contributed by atoms with Crippen molar-refractivity contribution >= 4 is 11.8 Å². The van der Waals surface area contributed by atoms with Crippen LogP contribution in [0.15, 0.2) is 41.7 Å². The molecule has 1 heterocycles. The molecule has 1 unspecified atom stereocenters. The summed E-state index contributed by atoms with van der Waals surface area (Å²) < 4.78 is 11.7. The second kappa shape index (κ2) is 5.76. The van der Waals surface area contributed by atoms with Crippen molar-refractivity contribution in [3.63, 3.8) is 0 Å². The SMILES string of the molecule is CC(C)(C)C(=O)C1=C(C(C)(C)C)OC(C)(c2ccccc2)OC1=O. The van der Waals surface area contributed by atoms with E-state index in [1.807, 2.05) is 51.1 Å². The van der Waals surface area contributed by atoms with Crippen molar-refractivity contribution in [2.75, 3.05) is 0 Å². The minimum Gasteiger partial charge on any atom is -0.451 e. The minimum absolute atomic E-state index is 0.0170. The molecule has 0 aromatic heterocycles. The molecule has 1 aliphatic heterocycles. The average Bonchev–Trinajstić information content (AvgIpc) is 2.45. The van der Waals surface area contributed by atoms with Crippen LogP contribution in [-0.2, 0) is 24.8 Å². The van der Waals surface area contributed by atoms with Gasteiger partial charge in [0.2, 0.25) is 0 Å². The second-order valence-electron chi connectivity index (χ2n) is 8.34. The number of benzene rings is 1. The number of rotatable bonds is 2. The van der Waals surface area contributed by atoms with Crippen molar-refractivity contribution in [2.24, 2.45) is 10.8 Å². The molecule has 1 aromatic rings. The number of carbonyl (C=O) groups excluding carboxylic acids is 2. The van der Waals surface area contributed by atoms with E-state index in [1.54, 1.807) is 27.7 Å². The Hall–Kier alpha value is -2.10. The van der Waals surface area contributed by atoms with E-state index in [-0.39, 0.29) is 11.4 Å². The molecule has 130 valence electrons. The van der Waals surface area contributed by atoms with Crippen LogP contribution in [0.1, 0.15) is 54.0 Å². The molecule has 0 radical (unpaired) electrons. The number of esters is 1. The molecule has 0 amide bonds. The van der Waals surface area contributed by atoms with Gasteiger partial charge >= 0.3 is 5.97 Å². The molecule has 0 spiro atoms. The highest BCUT2D eigenvalue weighted by Gasteiger charge is 2.48. The predicted molar refractivity (Wildman–Crippen MR) is 91.9 cm³/mol. The van der Waals surface area contributed by atoms with Crippen LogP contribution >= 0.6 is 0 Å². The molecule has 1 aromatic carbocycles. The van der Waals surface area contributed by atoms with Gasteiger partial charge in [-0.25, -0.2) is 4.79 Å². The molecule has 0 aliphatic carbocycles. The first-order valence-corrected chi connectivity index (χ1v) is 8.14. The van der Waals surface area contributed by atoms with E-state index in [0.29, 0.717) is 5.76 Å². The zero-order chi connectivity index (χ0) is 18.3. The quantitative estimate of drug-likeness (QED) is 0.597. The first-order valence-electron chi connectivity index (χ1n) is 8.14. The van der Waals surface area contributed by atoms with Gasteiger partial charge in [-0.2, -0.15) is 0 Å². The van der Waals surface area contributed by atoms with E-state index >= 15 is 0 Å². The van der Waals surface area contributed by atoms with Crippen LogP contribution in [0.3, 0.4) is 0 Å². The van der Waals surface area contributed by atoms with E-state index in [9.17, 15) is 9.59 Å². The Morgan fingerprint density at radius 3 is 1.96 bits per heavy atom. The fraction of sp³-hybridized carbons (Fsp3) is 0.500. The number of allylic oxidation sites excluding steroid dienone is 1. The molecule has 0 saturated heterocycles. The maximum atomic E-state index is 12.8. The van der Waals surface area contributed by atoms with E-state index in [4.69, 9.17) is 9.47 Å². The van der Waals surface area contributed by atoms with Crippen molar-refractivity contribution in [1.82, 2.24) is 0 Å². The molecule has 4 heteroatoms. The summed E-state index contributed by atoms with van der Waals surface area (Å²) in [6, 6.07) is 9.27. The number of hydrogen-bond donors (Lipinski definition) is 0. The van der Waals surface area contributed by atoms with Gasteiger partial charge in [0.25, 0.3) is 5.79 Å². The molecule has 24 heavy (non-hydrogen) atoms. The highest BCUT2D eigenvalue weighted by molar-refractivity contribution is 6.20. The minimum atomic E-state index is -1.25. The summed E-state index contributed by atoms with van der Waals surface area (Å²) in [6.07, 6.45) is 0. The molecule has 0 bridgehead atoms. The van der Waals surface area contributed by atoms with Crippen LogP contribution < -0.4 is 0 Å². The summed E-state index contributed by atoms with van der Waals surface area (Å²) in [5.41, 5.74) is -0.466. The molecule has 0 fully saturated rings. The lowest BCUT2D eigenvalue weighted by Crippen LogP contribution is -2.43. The van der Waals surface area contributed by atoms with Gasteiger partial charge in [0, 0.05) is 23.3 Å². The Balaban J connectivity index is 2.61. The number of Topliss-reactive ketones (excluding diaryl/α,β-unsaturated/α-hetero) is 1. The number of ether oxygens (including phenoxy) is 2. The van der Waals surface area contributed by atoms with Gasteiger partial charge in [0.05, 0.1) is 0 Å². The Morgan fingerprint density at radius 2 is 1.50 bits per heavy atom. The third-order valence-corrected chi connectivity index (χ3v) is 3.90. The van der Waals surface area contributed by atoms with Crippen LogP contribution in [0.5, 0.6) is 0 Å². The smallest absolute Gasteiger partial charge is 0.348 e. The third kappa shape index (κ3) is 3.37. The highest BCUT2D eigenvalue weighted by Crippen LogP contribution is 2.43. The van der Waals surface area contributed by atoms with Crippen molar-refractivity contribution in [1.29, 1.82) is 0 Å². The fourth-order valence-corrected chi connectivity index (χ4v) is 2.54. The van der Waals surface area contributed by atoms with Gasteiger partial charge in [0.1, 0.15) is 11.3 Å². The fourth-order valence-electron chi connectivity index (χ4n) is 2.54. The second-order valence-corrected chi connectivity index (χ2v) is 8.34. The van der Waals surface area contributed by atoms with E-state index < -0.39 is 22.6 Å². The van der Waals surface area contributed by atoms with Crippen LogP contribution in [0.4, 0.5) is 0 Å². The number of cyclic esters (lactones) is 1. The van der Waals surface area contributed by atoms with E-state index in [2.05, 4.69) is 0 Å². The average molecular weight is 330 g/mol. The summed E-state index contributed by atoms with van der Waals surface area (Å²) in [4.78, 5) is 25.5.